The van der Waals surface area contributed by atoms with Crippen LogP contribution in [0.4, 0.5) is 5.69 Å². The number of nitrogens with zero attached hydrogens (tertiary/aromatic N) is 1. The molecule has 0 aliphatic carbocycles. The number of fused-ring (bicyclic) bond motifs is 1. The van der Waals surface area contributed by atoms with Crippen molar-refractivity contribution in [3.05, 3.63) is 93.0 Å². The molecule has 0 spiro atoms. The average molecular weight is 541 g/mol. The molecular formula is C23H23Cl2N2O5PS. The molecule has 3 N–H and O–H groups in total. The number of sulfonamides is 1. The Kier molecular flexibility index (Phi) is 7.14. The van der Waals surface area contributed by atoms with Crippen LogP contribution < -0.4 is 4.72 Å². The molecule has 1 unspecified atom stereocenters. The highest BCUT2D eigenvalue weighted by Gasteiger charge is 2.27. The molecule has 1 heterocycles. The van der Waals surface area contributed by atoms with E-state index in [1.54, 1.807) is 30.3 Å². The maximum Gasteiger partial charge on any atom is 0.329 e. The van der Waals surface area contributed by atoms with E-state index in [4.69, 9.17) is 33.0 Å². The minimum atomic E-state index is -4.19. The summed E-state index contributed by atoms with van der Waals surface area (Å²) in [5.41, 5.74) is 3.72. The molecule has 4 rings (SSSR count). The van der Waals surface area contributed by atoms with E-state index >= 15 is 0 Å². The molecule has 1 atom stereocenters. The number of rotatable bonds is 6. The zero-order chi connectivity index (χ0) is 24.7. The van der Waals surface area contributed by atoms with E-state index in [-0.39, 0.29) is 10.8 Å². The average Bonchev–Trinajstić information content (AvgIpc) is 2.74. The Hall–Kier alpha value is -1.90. The lowest BCUT2D eigenvalue weighted by molar-refractivity contribution is 0.295. The van der Waals surface area contributed by atoms with Crippen molar-refractivity contribution in [1.29, 1.82) is 0 Å². The number of halogens is 2. The van der Waals surface area contributed by atoms with Crippen LogP contribution in [0.25, 0.3) is 0 Å². The lowest BCUT2D eigenvalue weighted by Crippen LogP contribution is -2.31. The Labute approximate surface area is 208 Å². The quantitative estimate of drug-likeness (QED) is 0.377. The standard InChI is InChI=1S/C23H23Cl2N2O5PS/c1-27-12-21(20-10-17(24)11-23(25)22(20)13-27)16-4-8-19(9-5-16)34(31,32)26-18-6-2-15(3-7-18)14-33(28,29)30/h2-11,21,26H,12-14H2,1H3,(H2,28,29,30). The van der Waals surface area contributed by atoms with Crippen LogP contribution in [0.2, 0.25) is 10.0 Å². The van der Waals surface area contributed by atoms with Gasteiger partial charge in [0.2, 0.25) is 0 Å². The number of hydrogen-bond acceptors (Lipinski definition) is 4. The Bertz CT molecular complexity index is 1360. The van der Waals surface area contributed by atoms with Gasteiger partial charge in [-0.3, -0.25) is 9.29 Å². The first-order chi connectivity index (χ1) is 15.9. The third-order valence-corrected chi connectivity index (χ3v) is 8.41. The van der Waals surface area contributed by atoms with Crippen molar-refractivity contribution < 1.29 is 22.8 Å². The fourth-order valence-corrected chi connectivity index (χ4v) is 6.45. The second-order valence-corrected chi connectivity index (χ2v) is 12.6. The van der Waals surface area contributed by atoms with Gasteiger partial charge in [-0.05, 0) is 65.7 Å². The van der Waals surface area contributed by atoms with Crippen molar-refractivity contribution in [3.8, 4) is 0 Å². The third-order valence-electron chi connectivity index (χ3n) is 5.68. The summed E-state index contributed by atoms with van der Waals surface area (Å²) >= 11 is 12.7. The van der Waals surface area contributed by atoms with Crippen LogP contribution in [0.15, 0.2) is 65.6 Å². The van der Waals surface area contributed by atoms with Crippen LogP contribution in [0.5, 0.6) is 0 Å². The van der Waals surface area contributed by atoms with E-state index < -0.39 is 23.8 Å². The van der Waals surface area contributed by atoms with E-state index in [2.05, 4.69) is 9.62 Å². The fraction of sp³-hybridized carbons (Fsp3) is 0.217. The maximum absolute atomic E-state index is 12.9. The van der Waals surface area contributed by atoms with Crippen molar-refractivity contribution in [3.63, 3.8) is 0 Å². The predicted molar refractivity (Wildman–Crippen MR) is 134 cm³/mol. The first-order valence-corrected chi connectivity index (χ1v) is 14.4. The first kappa shape index (κ1) is 25.2. The minimum absolute atomic E-state index is 0.00349. The summed E-state index contributed by atoms with van der Waals surface area (Å²) in [4.78, 5) is 20.4. The summed E-state index contributed by atoms with van der Waals surface area (Å²) in [5, 5.41) is 1.18. The van der Waals surface area contributed by atoms with E-state index in [1.807, 2.05) is 13.1 Å². The van der Waals surface area contributed by atoms with Crippen LogP contribution in [0, 0.1) is 0 Å². The summed E-state index contributed by atoms with van der Waals surface area (Å²) in [6.45, 7) is 1.46. The molecule has 1 aliphatic heterocycles. The van der Waals surface area contributed by atoms with Gasteiger partial charge in [0.05, 0.1) is 11.1 Å². The molecule has 180 valence electrons. The molecule has 11 heteroatoms. The first-order valence-electron chi connectivity index (χ1n) is 10.3. The molecular weight excluding hydrogens is 518 g/mol. The van der Waals surface area contributed by atoms with Crippen LogP contribution in [-0.4, -0.2) is 36.7 Å². The molecule has 1 aliphatic rings. The Balaban J connectivity index is 1.55. The molecule has 0 aromatic heterocycles. The van der Waals surface area contributed by atoms with Crippen molar-refractivity contribution in [2.75, 3.05) is 18.3 Å². The minimum Gasteiger partial charge on any atom is -0.324 e. The van der Waals surface area contributed by atoms with Crippen LogP contribution in [-0.2, 0) is 27.3 Å². The molecule has 0 saturated carbocycles. The molecule has 3 aromatic carbocycles. The molecule has 0 fully saturated rings. The van der Waals surface area contributed by atoms with Gasteiger partial charge in [0.25, 0.3) is 10.0 Å². The predicted octanol–water partition coefficient (Wildman–Crippen LogP) is 5.05. The highest BCUT2D eigenvalue weighted by atomic mass is 35.5. The van der Waals surface area contributed by atoms with Crippen molar-refractivity contribution in [1.82, 2.24) is 4.90 Å². The lowest BCUT2D eigenvalue weighted by atomic mass is 9.85. The number of anilines is 1. The van der Waals surface area contributed by atoms with E-state index in [1.165, 1.54) is 24.3 Å². The molecule has 0 radical (unpaired) electrons. The number of benzene rings is 3. The van der Waals surface area contributed by atoms with Crippen molar-refractivity contribution >= 4 is 46.5 Å². The smallest absolute Gasteiger partial charge is 0.324 e. The van der Waals surface area contributed by atoms with Gasteiger partial charge in [-0.25, -0.2) is 8.42 Å². The van der Waals surface area contributed by atoms with Gasteiger partial charge in [0.1, 0.15) is 0 Å². The van der Waals surface area contributed by atoms with Gasteiger partial charge >= 0.3 is 7.60 Å². The third kappa shape index (κ3) is 5.83. The Morgan fingerprint density at radius 3 is 2.32 bits per heavy atom. The summed E-state index contributed by atoms with van der Waals surface area (Å²) < 4.78 is 39.4. The highest BCUT2D eigenvalue weighted by Crippen LogP contribution is 2.40. The Morgan fingerprint density at radius 1 is 1.06 bits per heavy atom. The van der Waals surface area contributed by atoms with Crippen LogP contribution in [0.1, 0.15) is 28.2 Å². The molecule has 7 nitrogen and oxygen atoms in total. The fourth-order valence-electron chi connectivity index (χ4n) is 4.14. The summed E-state index contributed by atoms with van der Waals surface area (Å²) in [6.07, 6.45) is -0.405. The Morgan fingerprint density at radius 2 is 1.71 bits per heavy atom. The SMILES string of the molecule is CN1Cc2c(Cl)cc(Cl)cc2C(c2ccc(S(=O)(=O)Nc3ccc(CP(=O)(O)O)cc3)cc2)C1. The van der Waals surface area contributed by atoms with Gasteiger partial charge in [-0.1, -0.05) is 47.5 Å². The van der Waals surface area contributed by atoms with E-state index in [9.17, 15) is 13.0 Å². The van der Waals surface area contributed by atoms with Crippen LogP contribution in [0.3, 0.4) is 0 Å². The summed E-state index contributed by atoms with van der Waals surface area (Å²) in [6, 6.07) is 16.3. The van der Waals surface area contributed by atoms with Gasteiger partial charge < -0.3 is 14.7 Å². The second-order valence-electron chi connectivity index (χ2n) is 8.40. The van der Waals surface area contributed by atoms with Crippen molar-refractivity contribution in [2.24, 2.45) is 0 Å². The monoisotopic (exact) mass is 540 g/mol. The molecule has 0 bridgehead atoms. The molecule has 0 saturated heterocycles. The molecule has 0 amide bonds. The van der Waals surface area contributed by atoms with Crippen molar-refractivity contribution in [2.45, 2.75) is 23.5 Å². The van der Waals surface area contributed by atoms with Gasteiger partial charge in [-0.15, -0.1) is 0 Å². The molecule has 34 heavy (non-hydrogen) atoms. The number of hydrogen-bond donors (Lipinski definition) is 3. The summed E-state index contributed by atoms with van der Waals surface area (Å²) in [5.74, 6) is -0.00349. The van der Waals surface area contributed by atoms with Gasteiger partial charge in [0, 0.05) is 34.7 Å². The zero-order valence-electron chi connectivity index (χ0n) is 18.1. The zero-order valence-corrected chi connectivity index (χ0v) is 21.4. The van der Waals surface area contributed by atoms with Gasteiger partial charge in [-0.2, -0.15) is 0 Å². The van der Waals surface area contributed by atoms with E-state index in [0.717, 1.165) is 23.2 Å². The largest absolute Gasteiger partial charge is 0.329 e. The number of nitrogens with one attached hydrogen (secondary N) is 1. The summed E-state index contributed by atoms with van der Waals surface area (Å²) in [7, 11) is -6.04. The topological polar surface area (TPSA) is 107 Å². The number of likely N-dealkylation sites (N-methyl/N-ethyl adjacent to an activating group) is 1. The molecule has 3 aromatic rings. The second kappa shape index (κ2) is 9.63. The van der Waals surface area contributed by atoms with E-state index in [0.29, 0.717) is 27.8 Å². The van der Waals surface area contributed by atoms with Gasteiger partial charge in [0.15, 0.2) is 0 Å². The van der Waals surface area contributed by atoms with Crippen LogP contribution >= 0.6 is 30.8 Å². The maximum atomic E-state index is 12.9. The highest BCUT2D eigenvalue weighted by molar-refractivity contribution is 7.92. The normalized spacial score (nSPS) is 16.8. The lowest BCUT2D eigenvalue weighted by Gasteiger charge is -2.33.